The van der Waals surface area contributed by atoms with Crippen molar-refractivity contribution in [3.63, 3.8) is 0 Å². The first kappa shape index (κ1) is 13.6. The van der Waals surface area contributed by atoms with Crippen LogP contribution < -0.4 is 5.73 Å². The maximum Gasteiger partial charge on any atom is 0.131 e. The number of nitrogens with two attached hydrogens (primary N) is 1. The van der Waals surface area contributed by atoms with E-state index < -0.39 is 0 Å². The van der Waals surface area contributed by atoms with Crippen molar-refractivity contribution < 1.29 is 0 Å². The molecular formula is C16H15ClN4. The highest BCUT2D eigenvalue weighted by molar-refractivity contribution is 6.31. The van der Waals surface area contributed by atoms with E-state index in [9.17, 15) is 0 Å². The van der Waals surface area contributed by atoms with Crippen LogP contribution in [-0.4, -0.2) is 14.8 Å². The molecule has 0 bridgehead atoms. The Morgan fingerprint density at radius 1 is 1.14 bits per heavy atom. The van der Waals surface area contributed by atoms with Crippen molar-refractivity contribution >= 4 is 17.4 Å². The zero-order valence-electron chi connectivity index (χ0n) is 11.8. The van der Waals surface area contributed by atoms with E-state index in [-0.39, 0.29) is 0 Å². The molecule has 2 aromatic heterocycles. The molecule has 0 atom stereocenters. The molecule has 0 aliphatic rings. The van der Waals surface area contributed by atoms with Crippen LogP contribution in [0.1, 0.15) is 5.56 Å². The number of anilines is 1. The van der Waals surface area contributed by atoms with Gasteiger partial charge in [-0.05, 0) is 30.7 Å². The van der Waals surface area contributed by atoms with Crippen LogP contribution in [0.3, 0.4) is 0 Å². The molecule has 0 amide bonds. The van der Waals surface area contributed by atoms with Crippen molar-refractivity contribution in [3.05, 3.63) is 53.2 Å². The fraction of sp³-hybridized carbons (Fsp3) is 0.125. The Bertz CT molecular complexity index is 794. The number of rotatable bonds is 2. The summed E-state index contributed by atoms with van der Waals surface area (Å²) in [6.45, 7) is 1.98. The van der Waals surface area contributed by atoms with Gasteiger partial charge in [-0.25, -0.2) is 0 Å². The molecule has 3 rings (SSSR count). The molecule has 3 aromatic rings. The van der Waals surface area contributed by atoms with Crippen LogP contribution in [0.25, 0.3) is 22.5 Å². The lowest BCUT2D eigenvalue weighted by Gasteiger charge is -2.07. The topological polar surface area (TPSA) is 56.7 Å². The van der Waals surface area contributed by atoms with Crippen LogP contribution in [0.4, 0.5) is 5.82 Å². The summed E-state index contributed by atoms with van der Waals surface area (Å²) in [6.07, 6.45) is 1.75. The third-order valence-corrected chi connectivity index (χ3v) is 3.94. The highest BCUT2D eigenvalue weighted by atomic mass is 35.5. The van der Waals surface area contributed by atoms with Gasteiger partial charge < -0.3 is 5.73 Å². The molecule has 0 aliphatic carbocycles. The van der Waals surface area contributed by atoms with Crippen LogP contribution in [-0.2, 0) is 7.05 Å². The minimum Gasteiger partial charge on any atom is -0.383 e. The Hall–Kier alpha value is -2.33. The summed E-state index contributed by atoms with van der Waals surface area (Å²) in [7, 11) is 1.82. The summed E-state index contributed by atoms with van der Waals surface area (Å²) in [5.74, 6) is 0.586. The second-order valence-corrected chi connectivity index (χ2v) is 5.27. The van der Waals surface area contributed by atoms with Crippen molar-refractivity contribution in [2.45, 2.75) is 6.92 Å². The van der Waals surface area contributed by atoms with Crippen molar-refractivity contribution in [2.75, 3.05) is 5.73 Å². The minimum atomic E-state index is 0.586. The lowest BCUT2D eigenvalue weighted by atomic mass is 10.0. The quantitative estimate of drug-likeness (QED) is 0.785. The Kier molecular flexibility index (Phi) is 3.39. The Morgan fingerprint density at radius 3 is 2.67 bits per heavy atom. The highest BCUT2D eigenvalue weighted by Gasteiger charge is 2.19. The average Bonchev–Trinajstić information content (AvgIpc) is 2.78. The molecule has 0 fully saturated rings. The van der Waals surface area contributed by atoms with E-state index in [4.69, 9.17) is 17.3 Å². The first-order chi connectivity index (χ1) is 10.1. The second kappa shape index (κ2) is 5.22. The van der Waals surface area contributed by atoms with Crippen LogP contribution in [0.2, 0.25) is 5.02 Å². The van der Waals surface area contributed by atoms with Gasteiger partial charge in [0.1, 0.15) is 11.5 Å². The number of benzene rings is 1. The van der Waals surface area contributed by atoms with Gasteiger partial charge >= 0.3 is 0 Å². The molecule has 106 valence electrons. The summed E-state index contributed by atoms with van der Waals surface area (Å²) < 4.78 is 1.67. The van der Waals surface area contributed by atoms with Gasteiger partial charge in [0.25, 0.3) is 0 Å². The number of halogens is 1. The van der Waals surface area contributed by atoms with E-state index in [2.05, 4.69) is 10.1 Å². The zero-order valence-corrected chi connectivity index (χ0v) is 12.6. The number of pyridine rings is 1. The third kappa shape index (κ3) is 2.28. The van der Waals surface area contributed by atoms with Crippen LogP contribution in [0, 0.1) is 6.92 Å². The number of aromatic nitrogens is 3. The van der Waals surface area contributed by atoms with Crippen molar-refractivity contribution in [2.24, 2.45) is 7.05 Å². The normalized spacial score (nSPS) is 10.8. The van der Waals surface area contributed by atoms with Crippen LogP contribution in [0.5, 0.6) is 0 Å². The van der Waals surface area contributed by atoms with Gasteiger partial charge in [0, 0.05) is 23.8 Å². The standard InChI is InChI=1S/C16H15ClN4/c1-10-11(6-5-7-12(10)17)15-14(16(18)21(2)20-15)13-8-3-4-9-19-13/h3-9H,18H2,1-2H3. The maximum absolute atomic E-state index is 6.23. The van der Waals surface area contributed by atoms with Crippen molar-refractivity contribution in [1.29, 1.82) is 0 Å². The molecular weight excluding hydrogens is 284 g/mol. The maximum atomic E-state index is 6.23. The second-order valence-electron chi connectivity index (χ2n) is 4.86. The van der Waals surface area contributed by atoms with Gasteiger partial charge in [0.05, 0.1) is 11.3 Å². The molecule has 0 saturated carbocycles. The molecule has 0 radical (unpaired) electrons. The SMILES string of the molecule is Cc1c(Cl)cccc1-c1nn(C)c(N)c1-c1ccccn1. The number of hydrogen-bond donors (Lipinski definition) is 1. The molecule has 5 heteroatoms. The number of hydrogen-bond acceptors (Lipinski definition) is 3. The highest BCUT2D eigenvalue weighted by Crippen LogP contribution is 2.37. The lowest BCUT2D eigenvalue weighted by Crippen LogP contribution is -1.98. The summed E-state index contributed by atoms with van der Waals surface area (Å²) >= 11 is 6.23. The minimum absolute atomic E-state index is 0.586. The molecule has 4 nitrogen and oxygen atoms in total. The van der Waals surface area contributed by atoms with E-state index in [1.165, 1.54) is 0 Å². The molecule has 21 heavy (non-hydrogen) atoms. The van der Waals surface area contributed by atoms with Gasteiger partial charge in [-0.2, -0.15) is 5.10 Å². The Balaban J connectivity index is 2.30. The molecule has 0 unspecified atom stereocenters. The third-order valence-electron chi connectivity index (χ3n) is 3.54. The fourth-order valence-corrected chi connectivity index (χ4v) is 2.53. The monoisotopic (exact) mass is 298 g/mol. The Labute approximate surface area is 128 Å². The first-order valence-electron chi connectivity index (χ1n) is 6.59. The average molecular weight is 299 g/mol. The van der Waals surface area contributed by atoms with E-state index in [0.717, 1.165) is 28.1 Å². The fourth-order valence-electron chi connectivity index (χ4n) is 2.35. The lowest BCUT2D eigenvalue weighted by molar-refractivity contribution is 0.782. The Morgan fingerprint density at radius 2 is 1.95 bits per heavy atom. The van der Waals surface area contributed by atoms with Crippen molar-refractivity contribution in [1.82, 2.24) is 14.8 Å². The molecule has 1 aromatic carbocycles. The summed E-state index contributed by atoms with van der Waals surface area (Å²) in [5.41, 5.74) is 10.6. The van der Waals surface area contributed by atoms with E-state index in [1.807, 2.05) is 50.4 Å². The van der Waals surface area contributed by atoms with Gasteiger partial charge in [-0.3, -0.25) is 9.67 Å². The van der Waals surface area contributed by atoms with Crippen LogP contribution >= 0.6 is 11.6 Å². The number of nitrogens with zero attached hydrogens (tertiary/aromatic N) is 3. The van der Waals surface area contributed by atoms with Crippen LogP contribution in [0.15, 0.2) is 42.6 Å². The first-order valence-corrected chi connectivity index (χ1v) is 6.96. The summed E-state index contributed by atoms with van der Waals surface area (Å²) in [5, 5.41) is 5.26. The number of nitrogen functional groups attached to an aromatic ring is 1. The van der Waals surface area contributed by atoms with E-state index >= 15 is 0 Å². The van der Waals surface area contributed by atoms with E-state index in [0.29, 0.717) is 10.8 Å². The van der Waals surface area contributed by atoms with E-state index in [1.54, 1.807) is 10.9 Å². The van der Waals surface area contributed by atoms with Gasteiger partial charge in [0.2, 0.25) is 0 Å². The predicted molar refractivity (Wildman–Crippen MR) is 86.0 cm³/mol. The molecule has 0 spiro atoms. The van der Waals surface area contributed by atoms with Gasteiger partial charge in [-0.15, -0.1) is 0 Å². The smallest absolute Gasteiger partial charge is 0.131 e. The van der Waals surface area contributed by atoms with Gasteiger partial charge in [0.15, 0.2) is 0 Å². The number of aryl methyl sites for hydroxylation is 1. The van der Waals surface area contributed by atoms with Gasteiger partial charge in [-0.1, -0.05) is 29.8 Å². The molecule has 0 saturated heterocycles. The summed E-state index contributed by atoms with van der Waals surface area (Å²) in [6, 6.07) is 11.5. The molecule has 2 heterocycles. The zero-order chi connectivity index (χ0) is 15.0. The predicted octanol–water partition coefficient (Wildman–Crippen LogP) is 3.69. The summed E-state index contributed by atoms with van der Waals surface area (Å²) in [4.78, 5) is 4.40. The molecule has 0 aliphatic heterocycles. The van der Waals surface area contributed by atoms with Crippen molar-refractivity contribution in [3.8, 4) is 22.5 Å². The molecule has 2 N–H and O–H groups in total. The largest absolute Gasteiger partial charge is 0.383 e.